The Morgan fingerprint density at radius 3 is 2.24 bits per heavy atom. The summed E-state index contributed by atoms with van der Waals surface area (Å²) in [6, 6.07) is 20.2. The summed E-state index contributed by atoms with van der Waals surface area (Å²) in [5.41, 5.74) is 5.77. The van der Waals surface area contributed by atoms with Crippen LogP contribution >= 0.6 is 11.6 Å². The van der Waals surface area contributed by atoms with E-state index in [4.69, 9.17) is 16.3 Å². The first-order valence-corrected chi connectivity index (χ1v) is 15.6. The third kappa shape index (κ3) is 7.32. The molecule has 0 N–H and O–H groups in total. The van der Waals surface area contributed by atoms with Crippen LogP contribution in [0.2, 0.25) is 5.02 Å². The minimum atomic E-state index is -1.17. The fourth-order valence-corrected chi connectivity index (χ4v) is 6.53. The predicted octanol–water partition coefficient (Wildman–Crippen LogP) is 9.80. The molecule has 0 aromatic heterocycles. The normalized spacial score (nSPS) is 20.1. The molecule has 6 heteroatoms. The first kappa shape index (κ1) is 33.1. The second-order valence-electron chi connectivity index (χ2n) is 12.4. The second-order valence-corrected chi connectivity index (χ2v) is 12.8. The van der Waals surface area contributed by atoms with Crippen molar-refractivity contribution in [3.63, 3.8) is 0 Å². The van der Waals surface area contributed by atoms with Gasteiger partial charge in [-0.15, -0.1) is 0 Å². The Balaban J connectivity index is 1.70. The number of allylic oxidation sites excluding steroid dienone is 8. The minimum Gasteiger partial charge on any atom is -0.474 e. The number of hydrogen-bond donors (Lipinski definition) is 0. The summed E-state index contributed by atoms with van der Waals surface area (Å²) in [5, 5.41) is 29.8. The number of nitrogens with zero attached hydrogens (tertiary/aromatic N) is 4. The standard InChI is InChI=1S/C39H39ClN4O/c1-7-44(8-2)32-17-15-28(16-18-32)13-14-30-21-29(22-38(4,5)23-30)10-9-11-34-33(26-43)37(31(24-41)25-42)45-39(34,6)35-19-12-27(3)20-36(35)40/h9-21H,7-8,22-23H2,1-6H3/b11-9+,14-13+,29-10-. The van der Waals surface area contributed by atoms with Crippen LogP contribution in [-0.2, 0) is 10.3 Å². The lowest BCUT2D eigenvalue weighted by Crippen LogP contribution is -2.24. The predicted molar refractivity (Wildman–Crippen MR) is 183 cm³/mol. The van der Waals surface area contributed by atoms with E-state index in [-0.39, 0.29) is 22.3 Å². The van der Waals surface area contributed by atoms with Crippen LogP contribution in [0.5, 0.6) is 0 Å². The molecular weight excluding hydrogens is 576 g/mol. The van der Waals surface area contributed by atoms with Crippen molar-refractivity contribution in [1.29, 1.82) is 15.8 Å². The molecule has 0 saturated heterocycles. The van der Waals surface area contributed by atoms with Gasteiger partial charge in [-0.05, 0) is 86.4 Å². The lowest BCUT2D eigenvalue weighted by Gasteiger charge is -2.30. The van der Waals surface area contributed by atoms with Crippen LogP contribution in [0.4, 0.5) is 5.69 Å². The highest BCUT2D eigenvalue weighted by atomic mass is 35.5. The molecular formula is C39H39ClN4O. The molecule has 2 aliphatic rings. The average Bonchev–Trinajstić information content (AvgIpc) is 3.28. The number of aryl methyl sites for hydroxylation is 1. The maximum Gasteiger partial charge on any atom is 0.172 e. The minimum absolute atomic E-state index is 0.0230. The number of rotatable bonds is 8. The molecule has 0 spiro atoms. The Morgan fingerprint density at radius 2 is 1.64 bits per heavy atom. The van der Waals surface area contributed by atoms with Crippen molar-refractivity contribution >= 4 is 23.4 Å². The summed E-state index contributed by atoms with van der Waals surface area (Å²) >= 11 is 6.68. The molecule has 0 radical (unpaired) electrons. The Morgan fingerprint density at radius 1 is 0.956 bits per heavy atom. The van der Waals surface area contributed by atoms with Crippen LogP contribution < -0.4 is 4.90 Å². The summed E-state index contributed by atoms with van der Waals surface area (Å²) in [6.07, 6.45) is 14.3. The number of hydrogen-bond acceptors (Lipinski definition) is 5. The highest BCUT2D eigenvalue weighted by Crippen LogP contribution is 2.49. The molecule has 1 heterocycles. The van der Waals surface area contributed by atoms with E-state index >= 15 is 0 Å². The summed E-state index contributed by atoms with van der Waals surface area (Å²) in [5.74, 6) is -0.0230. The molecule has 0 amide bonds. The third-order valence-electron chi connectivity index (χ3n) is 8.34. The maximum absolute atomic E-state index is 10.2. The number of nitriles is 3. The molecule has 1 atom stereocenters. The highest BCUT2D eigenvalue weighted by molar-refractivity contribution is 6.31. The van der Waals surface area contributed by atoms with Gasteiger partial charge in [0.25, 0.3) is 0 Å². The van der Waals surface area contributed by atoms with Gasteiger partial charge in [-0.3, -0.25) is 0 Å². The summed E-state index contributed by atoms with van der Waals surface area (Å²) < 4.78 is 6.27. The molecule has 2 aromatic carbocycles. The van der Waals surface area contributed by atoms with E-state index in [2.05, 4.69) is 87.2 Å². The van der Waals surface area contributed by atoms with Crippen LogP contribution in [0.3, 0.4) is 0 Å². The maximum atomic E-state index is 10.2. The molecule has 1 aliphatic carbocycles. The van der Waals surface area contributed by atoms with Crippen LogP contribution in [-0.4, -0.2) is 13.1 Å². The Labute approximate surface area is 273 Å². The first-order valence-electron chi connectivity index (χ1n) is 15.2. The lowest BCUT2D eigenvalue weighted by molar-refractivity contribution is 0.0756. The van der Waals surface area contributed by atoms with E-state index < -0.39 is 5.60 Å². The van der Waals surface area contributed by atoms with E-state index in [0.29, 0.717) is 16.2 Å². The van der Waals surface area contributed by atoms with Crippen molar-refractivity contribution in [2.24, 2.45) is 5.41 Å². The van der Waals surface area contributed by atoms with Gasteiger partial charge in [-0.25, -0.2) is 0 Å². The average molecular weight is 615 g/mol. The van der Waals surface area contributed by atoms with Crippen LogP contribution in [0.15, 0.2) is 106 Å². The molecule has 45 heavy (non-hydrogen) atoms. The SMILES string of the molecule is CCN(CC)c1ccc(/C=C/C2=CC(=C/C=C/C3=C(C#N)C(=C(C#N)C#N)OC3(C)c3ccc(C)cc3Cl)/CC(C)(C)C2)cc1. The molecule has 0 bridgehead atoms. The van der Waals surface area contributed by atoms with Gasteiger partial charge in [0.05, 0.1) is 0 Å². The van der Waals surface area contributed by atoms with Gasteiger partial charge in [0.1, 0.15) is 23.8 Å². The summed E-state index contributed by atoms with van der Waals surface area (Å²) in [4.78, 5) is 2.33. The zero-order valence-electron chi connectivity index (χ0n) is 26.9. The van der Waals surface area contributed by atoms with Crippen molar-refractivity contribution in [2.45, 2.75) is 60.0 Å². The van der Waals surface area contributed by atoms with E-state index in [9.17, 15) is 15.8 Å². The number of anilines is 1. The van der Waals surface area contributed by atoms with Crippen LogP contribution in [0.1, 0.15) is 64.2 Å². The van der Waals surface area contributed by atoms with Crippen molar-refractivity contribution in [3.05, 3.63) is 128 Å². The van der Waals surface area contributed by atoms with Gasteiger partial charge in [0.15, 0.2) is 16.9 Å². The number of ether oxygens (including phenoxy) is 1. The molecule has 4 rings (SSSR count). The largest absolute Gasteiger partial charge is 0.474 e. The highest BCUT2D eigenvalue weighted by Gasteiger charge is 2.45. The quantitative estimate of drug-likeness (QED) is 0.276. The molecule has 5 nitrogen and oxygen atoms in total. The van der Waals surface area contributed by atoms with E-state index in [1.165, 1.54) is 11.3 Å². The fourth-order valence-electron chi connectivity index (χ4n) is 6.11. The van der Waals surface area contributed by atoms with Gasteiger partial charge in [0.2, 0.25) is 0 Å². The first-order chi connectivity index (χ1) is 21.5. The fraction of sp³-hybridized carbons (Fsp3) is 0.308. The van der Waals surface area contributed by atoms with Gasteiger partial charge in [0, 0.05) is 34.9 Å². The van der Waals surface area contributed by atoms with Gasteiger partial charge >= 0.3 is 0 Å². The van der Waals surface area contributed by atoms with E-state index in [1.807, 2.05) is 56.3 Å². The number of halogens is 1. The number of benzene rings is 2. The molecule has 1 aliphatic heterocycles. The molecule has 0 saturated carbocycles. The van der Waals surface area contributed by atoms with Crippen LogP contribution in [0.25, 0.3) is 6.08 Å². The molecule has 2 aromatic rings. The zero-order valence-corrected chi connectivity index (χ0v) is 27.7. The van der Waals surface area contributed by atoms with E-state index in [0.717, 1.165) is 42.6 Å². The van der Waals surface area contributed by atoms with Gasteiger partial charge < -0.3 is 9.64 Å². The Hall–Kier alpha value is -4.76. The van der Waals surface area contributed by atoms with Crippen molar-refractivity contribution in [1.82, 2.24) is 0 Å². The molecule has 1 unspecified atom stereocenters. The smallest absolute Gasteiger partial charge is 0.172 e. The van der Waals surface area contributed by atoms with Crippen LogP contribution in [0, 0.1) is 46.3 Å². The zero-order chi connectivity index (χ0) is 32.8. The van der Waals surface area contributed by atoms with Crippen molar-refractivity contribution in [3.8, 4) is 18.2 Å². The van der Waals surface area contributed by atoms with E-state index in [1.54, 1.807) is 0 Å². The third-order valence-corrected chi connectivity index (χ3v) is 8.65. The topological polar surface area (TPSA) is 83.8 Å². The molecule has 0 fully saturated rings. The second kappa shape index (κ2) is 13.9. The van der Waals surface area contributed by atoms with Crippen molar-refractivity contribution < 1.29 is 4.74 Å². The summed E-state index contributed by atoms with van der Waals surface area (Å²) in [7, 11) is 0. The van der Waals surface area contributed by atoms with Gasteiger partial charge in [-0.2, -0.15) is 15.8 Å². The summed E-state index contributed by atoms with van der Waals surface area (Å²) in [6.45, 7) is 14.6. The monoisotopic (exact) mass is 614 g/mol. The Kier molecular flexibility index (Phi) is 10.2. The Bertz CT molecular complexity index is 1760. The molecule has 228 valence electrons. The lowest BCUT2D eigenvalue weighted by atomic mass is 9.75. The van der Waals surface area contributed by atoms with Crippen molar-refractivity contribution in [2.75, 3.05) is 18.0 Å². The van der Waals surface area contributed by atoms with Gasteiger partial charge in [-0.1, -0.05) is 86.2 Å².